The second-order valence-electron chi connectivity index (χ2n) is 4.76. The van der Waals surface area contributed by atoms with E-state index in [2.05, 4.69) is 12.2 Å². The molecule has 0 spiro atoms. The van der Waals surface area contributed by atoms with Crippen molar-refractivity contribution in [3.63, 3.8) is 0 Å². The number of rotatable bonds is 5. The van der Waals surface area contributed by atoms with Crippen molar-refractivity contribution in [2.75, 3.05) is 5.32 Å². The van der Waals surface area contributed by atoms with E-state index in [9.17, 15) is 9.18 Å². The van der Waals surface area contributed by atoms with E-state index in [1.54, 1.807) is 19.1 Å². The van der Waals surface area contributed by atoms with Gasteiger partial charge in [-0.1, -0.05) is 25.1 Å². The molecule has 0 aliphatic carbocycles. The summed E-state index contributed by atoms with van der Waals surface area (Å²) in [6.07, 6.45) is 0.238. The monoisotopic (exact) mass is 287 g/mol. The molecule has 0 saturated heterocycles. The zero-order chi connectivity index (χ0) is 15.2. The van der Waals surface area contributed by atoms with Crippen LogP contribution in [0.5, 0.6) is 5.75 Å². The number of carbonyl (C=O) groups excluding carboxylic acids is 1. The maximum absolute atomic E-state index is 13.1. The number of carbonyl (C=O) groups is 1. The molecule has 0 aromatic heterocycles. The standard InChI is InChI=1S/C17H18FNO2/c1-3-13-6-4-9-16(10-13)21-12(2)17(20)19-15-8-5-7-14(18)11-15/h4-12H,3H2,1-2H3,(H,19,20). The smallest absolute Gasteiger partial charge is 0.265 e. The molecule has 0 radical (unpaired) electrons. The summed E-state index contributed by atoms with van der Waals surface area (Å²) in [7, 11) is 0. The minimum atomic E-state index is -0.666. The third kappa shape index (κ3) is 4.31. The van der Waals surface area contributed by atoms with Crippen molar-refractivity contribution in [1.82, 2.24) is 0 Å². The SMILES string of the molecule is CCc1cccc(OC(C)C(=O)Nc2cccc(F)c2)c1. The third-order valence-electron chi connectivity index (χ3n) is 3.08. The molecule has 2 rings (SSSR count). The number of nitrogens with one attached hydrogen (secondary N) is 1. The Morgan fingerprint density at radius 1 is 1.24 bits per heavy atom. The number of ether oxygens (including phenoxy) is 1. The van der Waals surface area contributed by atoms with E-state index in [0.29, 0.717) is 11.4 Å². The Balaban J connectivity index is 1.99. The van der Waals surface area contributed by atoms with Crippen LogP contribution >= 0.6 is 0 Å². The van der Waals surface area contributed by atoms with Gasteiger partial charge in [-0.2, -0.15) is 0 Å². The first-order chi connectivity index (χ1) is 10.1. The van der Waals surface area contributed by atoms with Crippen molar-refractivity contribution in [1.29, 1.82) is 0 Å². The quantitative estimate of drug-likeness (QED) is 0.908. The second-order valence-corrected chi connectivity index (χ2v) is 4.76. The van der Waals surface area contributed by atoms with E-state index in [0.717, 1.165) is 12.0 Å². The number of aryl methyl sites for hydroxylation is 1. The van der Waals surface area contributed by atoms with Crippen LogP contribution in [0.1, 0.15) is 19.4 Å². The largest absolute Gasteiger partial charge is 0.481 e. The molecule has 1 unspecified atom stereocenters. The fourth-order valence-electron chi connectivity index (χ4n) is 1.91. The molecule has 1 N–H and O–H groups in total. The van der Waals surface area contributed by atoms with Crippen molar-refractivity contribution in [2.45, 2.75) is 26.4 Å². The molecule has 0 fully saturated rings. The van der Waals surface area contributed by atoms with E-state index < -0.39 is 11.9 Å². The topological polar surface area (TPSA) is 38.3 Å². The lowest BCUT2D eigenvalue weighted by atomic mass is 10.2. The molecule has 1 amide bonds. The van der Waals surface area contributed by atoms with Crippen LogP contribution in [-0.4, -0.2) is 12.0 Å². The molecule has 110 valence electrons. The van der Waals surface area contributed by atoms with Crippen LogP contribution in [-0.2, 0) is 11.2 Å². The van der Waals surface area contributed by atoms with Gasteiger partial charge >= 0.3 is 0 Å². The number of hydrogen-bond donors (Lipinski definition) is 1. The Labute approximate surface area is 123 Å². The third-order valence-corrected chi connectivity index (χ3v) is 3.08. The lowest BCUT2D eigenvalue weighted by Crippen LogP contribution is -2.30. The van der Waals surface area contributed by atoms with Gasteiger partial charge in [0.05, 0.1) is 0 Å². The number of hydrogen-bond acceptors (Lipinski definition) is 2. The van der Waals surface area contributed by atoms with Gasteiger partial charge in [0, 0.05) is 5.69 Å². The highest BCUT2D eigenvalue weighted by atomic mass is 19.1. The van der Waals surface area contributed by atoms with Crippen LogP contribution in [0.2, 0.25) is 0 Å². The van der Waals surface area contributed by atoms with E-state index in [4.69, 9.17) is 4.74 Å². The Morgan fingerprint density at radius 3 is 2.71 bits per heavy atom. The van der Waals surface area contributed by atoms with Gasteiger partial charge in [-0.25, -0.2) is 4.39 Å². The first-order valence-corrected chi connectivity index (χ1v) is 6.90. The summed E-state index contributed by atoms with van der Waals surface area (Å²) in [6, 6.07) is 13.4. The predicted octanol–water partition coefficient (Wildman–Crippen LogP) is 3.79. The molecule has 4 heteroatoms. The maximum Gasteiger partial charge on any atom is 0.265 e. The molecule has 0 aliphatic rings. The van der Waals surface area contributed by atoms with Crippen molar-refractivity contribution >= 4 is 11.6 Å². The molecule has 3 nitrogen and oxygen atoms in total. The molecule has 0 saturated carbocycles. The summed E-state index contributed by atoms with van der Waals surface area (Å²) < 4.78 is 18.7. The zero-order valence-corrected chi connectivity index (χ0v) is 12.1. The van der Waals surface area contributed by atoms with Crippen LogP contribution in [0.25, 0.3) is 0 Å². The summed E-state index contributed by atoms with van der Waals surface area (Å²) in [6.45, 7) is 3.71. The van der Waals surface area contributed by atoms with Gasteiger partial charge in [-0.05, 0) is 49.2 Å². The minimum absolute atomic E-state index is 0.317. The summed E-state index contributed by atoms with van der Waals surface area (Å²) in [5.74, 6) is -0.0595. The fraction of sp³-hybridized carbons (Fsp3) is 0.235. The van der Waals surface area contributed by atoms with E-state index >= 15 is 0 Å². The van der Waals surface area contributed by atoms with Crippen LogP contribution < -0.4 is 10.1 Å². The molecule has 2 aromatic carbocycles. The second kappa shape index (κ2) is 6.88. The average molecular weight is 287 g/mol. The van der Waals surface area contributed by atoms with E-state index in [-0.39, 0.29) is 5.91 Å². The fourth-order valence-corrected chi connectivity index (χ4v) is 1.91. The lowest BCUT2D eigenvalue weighted by molar-refractivity contribution is -0.122. The van der Waals surface area contributed by atoms with Crippen LogP contribution in [0.4, 0.5) is 10.1 Å². The van der Waals surface area contributed by atoms with Gasteiger partial charge < -0.3 is 10.1 Å². The number of anilines is 1. The Morgan fingerprint density at radius 2 is 2.00 bits per heavy atom. The van der Waals surface area contributed by atoms with Gasteiger partial charge in [0.1, 0.15) is 11.6 Å². The van der Waals surface area contributed by atoms with E-state index in [1.807, 2.05) is 24.3 Å². The Hall–Kier alpha value is -2.36. The van der Waals surface area contributed by atoms with Crippen LogP contribution in [0.3, 0.4) is 0 Å². The first-order valence-electron chi connectivity index (χ1n) is 6.90. The van der Waals surface area contributed by atoms with Crippen LogP contribution in [0, 0.1) is 5.82 Å². The number of halogens is 1. The van der Waals surface area contributed by atoms with Crippen molar-refractivity contribution in [2.24, 2.45) is 0 Å². The molecule has 21 heavy (non-hydrogen) atoms. The van der Waals surface area contributed by atoms with Gasteiger partial charge in [0.2, 0.25) is 0 Å². The van der Waals surface area contributed by atoms with Gasteiger partial charge in [0.15, 0.2) is 6.10 Å². The van der Waals surface area contributed by atoms with Gasteiger partial charge in [-0.3, -0.25) is 4.79 Å². The highest BCUT2D eigenvalue weighted by Gasteiger charge is 2.15. The predicted molar refractivity (Wildman–Crippen MR) is 80.9 cm³/mol. The summed E-state index contributed by atoms with van der Waals surface area (Å²) >= 11 is 0. The maximum atomic E-state index is 13.1. The molecule has 0 heterocycles. The van der Waals surface area contributed by atoms with Gasteiger partial charge in [-0.15, -0.1) is 0 Å². The average Bonchev–Trinajstić information content (AvgIpc) is 2.47. The van der Waals surface area contributed by atoms with Crippen molar-refractivity contribution < 1.29 is 13.9 Å². The summed E-state index contributed by atoms with van der Waals surface area (Å²) in [5.41, 5.74) is 1.56. The van der Waals surface area contributed by atoms with Gasteiger partial charge in [0.25, 0.3) is 5.91 Å². The van der Waals surface area contributed by atoms with E-state index in [1.165, 1.54) is 12.1 Å². The zero-order valence-electron chi connectivity index (χ0n) is 12.1. The summed E-state index contributed by atoms with van der Waals surface area (Å²) in [4.78, 5) is 12.0. The number of amides is 1. The van der Waals surface area contributed by atoms with Crippen LogP contribution in [0.15, 0.2) is 48.5 Å². The van der Waals surface area contributed by atoms with Crippen molar-refractivity contribution in [3.8, 4) is 5.75 Å². The molecule has 2 aromatic rings. The Kier molecular flexibility index (Phi) is 4.93. The molecule has 0 bridgehead atoms. The molecule has 1 atom stereocenters. The highest BCUT2D eigenvalue weighted by molar-refractivity contribution is 5.94. The molecular formula is C17H18FNO2. The number of benzene rings is 2. The summed E-state index contributed by atoms with van der Waals surface area (Å²) in [5, 5.41) is 2.63. The first kappa shape index (κ1) is 15.0. The molecular weight excluding hydrogens is 269 g/mol. The highest BCUT2D eigenvalue weighted by Crippen LogP contribution is 2.16. The minimum Gasteiger partial charge on any atom is -0.481 e. The molecule has 0 aliphatic heterocycles. The normalized spacial score (nSPS) is 11.8. The Bertz CT molecular complexity index is 628. The lowest BCUT2D eigenvalue weighted by Gasteiger charge is -2.15. The van der Waals surface area contributed by atoms with Crippen molar-refractivity contribution in [3.05, 3.63) is 59.9 Å².